The van der Waals surface area contributed by atoms with Crippen LogP contribution in [0.5, 0.6) is 11.5 Å². The number of aromatic nitrogens is 3. The van der Waals surface area contributed by atoms with Crippen molar-refractivity contribution in [3.63, 3.8) is 0 Å². The van der Waals surface area contributed by atoms with Crippen molar-refractivity contribution in [2.75, 3.05) is 13.7 Å². The van der Waals surface area contributed by atoms with Crippen LogP contribution in [0.25, 0.3) is 0 Å². The smallest absolute Gasteiger partial charge is 0.252 e. The standard InChI is InChI=1S/C27H32N6O5/c1-3-21-27(36)30-22(14-18-8-5-4-6-9-18)26(35)28-16-20-17-33(32-31-20)12-7-13-38-24-15-19(25(34)29-21)10-11-23(24)37-2/h4-6,8-11,15,17,21-22H,3,7,12-14,16H2,1-2H3,(H,28,35)(H,29,34)(H,30,36)/t21-,22-/m0/s1. The van der Waals surface area contributed by atoms with Crippen LogP contribution in [0.4, 0.5) is 0 Å². The van der Waals surface area contributed by atoms with Gasteiger partial charge in [0, 0.05) is 24.9 Å². The molecule has 11 heteroatoms. The van der Waals surface area contributed by atoms with Gasteiger partial charge in [0.25, 0.3) is 5.91 Å². The van der Waals surface area contributed by atoms with Crippen molar-refractivity contribution < 1.29 is 23.9 Å². The van der Waals surface area contributed by atoms with Gasteiger partial charge in [0.15, 0.2) is 11.5 Å². The Hall–Kier alpha value is -4.41. The molecule has 1 aliphatic rings. The van der Waals surface area contributed by atoms with E-state index in [9.17, 15) is 14.4 Å². The van der Waals surface area contributed by atoms with Crippen molar-refractivity contribution in [3.8, 4) is 11.5 Å². The van der Waals surface area contributed by atoms with E-state index >= 15 is 0 Å². The number of ether oxygens (including phenoxy) is 2. The number of aryl methyl sites for hydroxylation is 1. The molecule has 11 nitrogen and oxygen atoms in total. The van der Waals surface area contributed by atoms with Crippen molar-refractivity contribution in [1.82, 2.24) is 30.9 Å². The summed E-state index contributed by atoms with van der Waals surface area (Å²) in [6.07, 6.45) is 3.01. The molecule has 0 saturated carbocycles. The zero-order chi connectivity index (χ0) is 26.9. The second-order valence-corrected chi connectivity index (χ2v) is 8.94. The first-order valence-electron chi connectivity index (χ1n) is 12.6. The van der Waals surface area contributed by atoms with E-state index in [0.29, 0.717) is 48.7 Å². The number of carbonyl (C=O) groups excluding carboxylic acids is 3. The van der Waals surface area contributed by atoms with E-state index < -0.39 is 23.9 Å². The monoisotopic (exact) mass is 520 g/mol. The molecular weight excluding hydrogens is 488 g/mol. The molecule has 38 heavy (non-hydrogen) atoms. The highest BCUT2D eigenvalue weighted by Gasteiger charge is 2.27. The molecule has 1 aromatic heterocycles. The Balaban J connectivity index is 1.61. The molecule has 4 bridgehead atoms. The number of benzene rings is 2. The maximum atomic E-state index is 13.2. The third-order valence-electron chi connectivity index (χ3n) is 6.19. The van der Waals surface area contributed by atoms with Gasteiger partial charge >= 0.3 is 0 Å². The van der Waals surface area contributed by atoms with E-state index in [-0.39, 0.29) is 18.9 Å². The molecule has 3 N–H and O–H groups in total. The Morgan fingerprint density at radius 2 is 1.87 bits per heavy atom. The first kappa shape index (κ1) is 26.6. The summed E-state index contributed by atoms with van der Waals surface area (Å²) in [5, 5.41) is 16.7. The van der Waals surface area contributed by atoms with Crippen LogP contribution in [0.1, 0.15) is 41.4 Å². The molecule has 2 atom stereocenters. The van der Waals surface area contributed by atoms with Crippen LogP contribution in [0.15, 0.2) is 54.7 Å². The van der Waals surface area contributed by atoms with Gasteiger partial charge in [-0.1, -0.05) is 42.5 Å². The van der Waals surface area contributed by atoms with Crippen molar-refractivity contribution >= 4 is 17.7 Å². The number of hydrogen-bond acceptors (Lipinski definition) is 7. The Kier molecular flexibility index (Phi) is 8.91. The lowest BCUT2D eigenvalue weighted by Crippen LogP contribution is -2.54. The molecule has 0 unspecified atom stereocenters. The van der Waals surface area contributed by atoms with Crippen LogP contribution < -0.4 is 25.4 Å². The fraction of sp³-hybridized carbons (Fsp3) is 0.370. The summed E-state index contributed by atoms with van der Waals surface area (Å²) in [5.74, 6) is -0.327. The molecule has 2 aromatic carbocycles. The van der Waals surface area contributed by atoms with Crippen molar-refractivity contribution in [2.45, 2.75) is 51.4 Å². The van der Waals surface area contributed by atoms with Crippen molar-refractivity contribution in [3.05, 3.63) is 71.5 Å². The van der Waals surface area contributed by atoms with E-state index in [1.165, 1.54) is 7.11 Å². The lowest BCUT2D eigenvalue weighted by atomic mass is 10.0. The highest BCUT2D eigenvalue weighted by atomic mass is 16.5. The average molecular weight is 521 g/mol. The number of carbonyl (C=O) groups is 3. The Morgan fingerprint density at radius 3 is 2.63 bits per heavy atom. The van der Waals surface area contributed by atoms with Crippen LogP contribution in [0.3, 0.4) is 0 Å². The molecule has 0 saturated heterocycles. The summed E-state index contributed by atoms with van der Waals surface area (Å²) < 4.78 is 12.9. The molecule has 3 aromatic rings. The number of fused-ring (bicyclic) bond motifs is 4. The van der Waals surface area contributed by atoms with E-state index in [4.69, 9.17) is 9.47 Å². The number of amides is 3. The summed E-state index contributed by atoms with van der Waals surface area (Å²) >= 11 is 0. The SMILES string of the molecule is CC[C@@H]1NC(=O)c2ccc(OC)c(c2)OCCCn2cc(nn2)CNC(=O)[C@H](Cc2ccccc2)NC1=O. The minimum atomic E-state index is -0.853. The highest BCUT2D eigenvalue weighted by Crippen LogP contribution is 2.28. The molecule has 3 amide bonds. The van der Waals surface area contributed by atoms with Gasteiger partial charge in [-0.25, -0.2) is 0 Å². The third-order valence-corrected chi connectivity index (χ3v) is 6.19. The zero-order valence-corrected chi connectivity index (χ0v) is 21.5. The van der Waals surface area contributed by atoms with Crippen LogP contribution in [0.2, 0.25) is 0 Å². The lowest BCUT2D eigenvalue weighted by molar-refractivity contribution is -0.130. The quantitative estimate of drug-likeness (QED) is 0.476. The maximum absolute atomic E-state index is 13.2. The van der Waals surface area contributed by atoms with Crippen LogP contribution in [-0.4, -0.2) is 58.5 Å². The molecule has 200 valence electrons. The number of rotatable bonds is 4. The fourth-order valence-corrected chi connectivity index (χ4v) is 4.10. The Bertz CT molecular complexity index is 1260. The molecule has 0 radical (unpaired) electrons. The Morgan fingerprint density at radius 1 is 1.05 bits per heavy atom. The molecular formula is C27H32N6O5. The van der Waals surface area contributed by atoms with Gasteiger partial charge < -0.3 is 25.4 Å². The summed E-state index contributed by atoms with van der Waals surface area (Å²) in [6.45, 7) is 2.86. The van der Waals surface area contributed by atoms with Gasteiger partial charge in [-0.2, -0.15) is 0 Å². The van der Waals surface area contributed by atoms with Gasteiger partial charge in [-0.15, -0.1) is 5.10 Å². The molecule has 1 aliphatic heterocycles. The van der Waals surface area contributed by atoms with Crippen molar-refractivity contribution in [1.29, 1.82) is 0 Å². The zero-order valence-electron chi connectivity index (χ0n) is 21.5. The van der Waals surface area contributed by atoms with E-state index in [1.807, 2.05) is 30.3 Å². The minimum absolute atomic E-state index is 0.160. The van der Waals surface area contributed by atoms with Crippen LogP contribution in [0, 0.1) is 0 Å². The second-order valence-electron chi connectivity index (χ2n) is 8.94. The fourth-order valence-electron chi connectivity index (χ4n) is 4.10. The number of nitrogens with zero attached hydrogens (tertiary/aromatic N) is 3. The molecule has 0 fully saturated rings. The van der Waals surface area contributed by atoms with Gasteiger partial charge in [-0.3, -0.25) is 19.1 Å². The number of hydrogen-bond donors (Lipinski definition) is 3. The predicted molar refractivity (Wildman–Crippen MR) is 139 cm³/mol. The van der Waals surface area contributed by atoms with Crippen LogP contribution in [-0.2, 0) is 29.1 Å². The maximum Gasteiger partial charge on any atom is 0.252 e. The Labute approximate surface area is 220 Å². The molecule has 0 spiro atoms. The largest absolute Gasteiger partial charge is 0.493 e. The van der Waals surface area contributed by atoms with Crippen molar-refractivity contribution in [2.24, 2.45) is 0 Å². The first-order valence-corrected chi connectivity index (χ1v) is 12.6. The topological polar surface area (TPSA) is 136 Å². The van der Waals surface area contributed by atoms with E-state index in [1.54, 1.807) is 36.0 Å². The van der Waals surface area contributed by atoms with Gasteiger partial charge in [-0.05, 0) is 30.2 Å². The minimum Gasteiger partial charge on any atom is -0.493 e. The lowest BCUT2D eigenvalue weighted by Gasteiger charge is -2.23. The normalized spacial score (nSPS) is 19.1. The summed E-state index contributed by atoms with van der Waals surface area (Å²) in [4.78, 5) is 39.4. The predicted octanol–water partition coefficient (Wildman–Crippen LogP) is 1.62. The average Bonchev–Trinajstić information content (AvgIpc) is 3.39. The summed E-state index contributed by atoms with van der Waals surface area (Å²) in [7, 11) is 1.53. The summed E-state index contributed by atoms with van der Waals surface area (Å²) in [5.41, 5.74) is 1.81. The van der Waals surface area contributed by atoms with E-state index in [2.05, 4.69) is 26.3 Å². The molecule has 2 heterocycles. The van der Waals surface area contributed by atoms with Crippen LogP contribution >= 0.6 is 0 Å². The van der Waals surface area contributed by atoms with Gasteiger partial charge in [0.1, 0.15) is 17.8 Å². The number of methoxy groups -OCH3 is 1. The van der Waals surface area contributed by atoms with E-state index in [0.717, 1.165) is 5.56 Å². The van der Waals surface area contributed by atoms with Gasteiger partial charge in [0.2, 0.25) is 11.8 Å². The third kappa shape index (κ3) is 6.87. The van der Waals surface area contributed by atoms with Gasteiger partial charge in [0.05, 0.1) is 26.5 Å². The molecule has 0 aliphatic carbocycles. The first-order chi connectivity index (χ1) is 18.5. The second kappa shape index (κ2) is 12.7. The number of nitrogens with one attached hydrogen (secondary N) is 3. The molecule has 4 rings (SSSR count). The highest BCUT2D eigenvalue weighted by molar-refractivity contribution is 5.98. The summed E-state index contributed by atoms with van der Waals surface area (Å²) in [6, 6.07) is 12.6.